The third kappa shape index (κ3) is 4.36. The summed E-state index contributed by atoms with van der Waals surface area (Å²) in [5.41, 5.74) is 0.458. The molecule has 0 radical (unpaired) electrons. The number of carbonyl (C=O) groups is 2. The first kappa shape index (κ1) is 17.8. The quantitative estimate of drug-likeness (QED) is 0.573. The summed E-state index contributed by atoms with van der Waals surface area (Å²) in [6, 6.07) is 3.94. The number of nitriles is 1. The SMILES string of the molecule is CCC(=O)N(c1nnc(SCC(=O)Nc2sccc2C#N)s1)C1CC1. The van der Waals surface area contributed by atoms with Crippen molar-refractivity contribution in [2.75, 3.05) is 16.0 Å². The zero-order valence-electron chi connectivity index (χ0n) is 13.4. The van der Waals surface area contributed by atoms with Crippen LogP contribution in [0, 0.1) is 11.3 Å². The molecule has 0 aromatic carbocycles. The first-order chi connectivity index (χ1) is 12.1. The van der Waals surface area contributed by atoms with Gasteiger partial charge in [-0.1, -0.05) is 30.0 Å². The summed E-state index contributed by atoms with van der Waals surface area (Å²) in [7, 11) is 0. The van der Waals surface area contributed by atoms with Gasteiger partial charge in [0.25, 0.3) is 0 Å². The van der Waals surface area contributed by atoms with Crippen LogP contribution in [-0.4, -0.2) is 33.8 Å². The van der Waals surface area contributed by atoms with Crippen LogP contribution >= 0.6 is 34.4 Å². The van der Waals surface area contributed by atoms with Crippen LogP contribution in [0.15, 0.2) is 15.8 Å². The van der Waals surface area contributed by atoms with E-state index in [1.165, 1.54) is 34.4 Å². The van der Waals surface area contributed by atoms with Crippen molar-refractivity contribution in [2.45, 2.75) is 36.6 Å². The van der Waals surface area contributed by atoms with E-state index in [2.05, 4.69) is 15.5 Å². The number of thiophene rings is 1. The Morgan fingerprint density at radius 2 is 2.28 bits per heavy atom. The van der Waals surface area contributed by atoms with E-state index in [0.717, 1.165) is 12.8 Å². The van der Waals surface area contributed by atoms with E-state index in [1.54, 1.807) is 16.3 Å². The normalized spacial score (nSPS) is 13.3. The van der Waals surface area contributed by atoms with Crippen molar-refractivity contribution in [2.24, 2.45) is 0 Å². The maximum atomic E-state index is 12.1. The van der Waals surface area contributed by atoms with Gasteiger partial charge in [-0.25, -0.2) is 0 Å². The predicted molar refractivity (Wildman–Crippen MR) is 99.1 cm³/mol. The Morgan fingerprint density at radius 3 is 2.96 bits per heavy atom. The number of nitrogens with zero attached hydrogens (tertiary/aromatic N) is 4. The molecule has 2 heterocycles. The number of aromatic nitrogens is 2. The van der Waals surface area contributed by atoms with Gasteiger partial charge in [0, 0.05) is 12.5 Å². The van der Waals surface area contributed by atoms with Crippen LogP contribution in [0.4, 0.5) is 10.1 Å². The molecule has 0 atom stereocenters. The third-order valence-corrected chi connectivity index (χ3v) is 6.34. The molecule has 1 N–H and O–H groups in total. The second-order valence-electron chi connectivity index (χ2n) is 5.31. The molecule has 2 aromatic heterocycles. The van der Waals surface area contributed by atoms with Gasteiger partial charge in [-0.3, -0.25) is 14.5 Å². The van der Waals surface area contributed by atoms with E-state index < -0.39 is 0 Å². The zero-order valence-corrected chi connectivity index (χ0v) is 15.8. The first-order valence-corrected chi connectivity index (χ1v) is 10.4. The number of rotatable bonds is 7. The van der Waals surface area contributed by atoms with Crippen LogP contribution in [0.5, 0.6) is 0 Å². The van der Waals surface area contributed by atoms with Crippen molar-refractivity contribution in [1.29, 1.82) is 5.26 Å². The van der Waals surface area contributed by atoms with E-state index in [0.29, 0.717) is 26.5 Å². The van der Waals surface area contributed by atoms with Crippen LogP contribution in [0.3, 0.4) is 0 Å². The lowest BCUT2D eigenvalue weighted by Crippen LogP contribution is -2.32. The highest BCUT2D eigenvalue weighted by molar-refractivity contribution is 8.01. The molecule has 1 fully saturated rings. The topological polar surface area (TPSA) is 99.0 Å². The Labute approximate surface area is 157 Å². The van der Waals surface area contributed by atoms with Crippen LogP contribution in [0.1, 0.15) is 31.7 Å². The van der Waals surface area contributed by atoms with Crippen LogP contribution < -0.4 is 10.2 Å². The lowest BCUT2D eigenvalue weighted by Gasteiger charge is -2.17. The fourth-order valence-electron chi connectivity index (χ4n) is 2.11. The minimum Gasteiger partial charge on any atom is -0.316 e. The lowest BCUT2D eigenvalue weighted by molar-refractivity contribution is -0.118. The highest BCUT2D eigenvalue weighted by atomic mass is 32.2. The monoisotopic (exact) mass is 393 g/mol. The maximum Gasteiger partial charge on any atom is 0.235 e. The fraction of sp³-hybridized carbons (Fsp3) is 0.400. The highest BCUT2D eigenvalue weighted by Crippen LogP contribution is 2.36. The maximum absolute atomic E-state index is 12.1. The minimum absolute atomic E-state index is 0.0506. The molecule has 0 bridgehead atoms. The molecule has 1 aliphatic rings. The molecule has 1 saturated carbocycles. The van der Waals surface area contributed by atoms with Gasteiger partial charge in [-0.05, 0) is 24.3 Å². The molecule has 7 nitrogen and oxygen atoms in total. The Kier molecular flexibility index (Phi) is 5.67. The van der Waals surface area contributed by atoms with E-state index >= 15 is 0 Å². The van der Waals surface area contributed by atoms with Crippen molar-refractivity contribution in [3.63, 3.8) is 0 Å². The molecule has 0 aliphatic heterocycles. The van der Waals surface area contributed by atoms with Gasteiger partial charge in [-0.15, -0.1) is 21.5 Å². The standard InChI is InChI=1S/C15H15N5O2S3/c1-2-12(22)20(10-3-4-10)14-18-19-15(25-14)24-8-11(21)17-13-9(7-16)5-6-23-13/h5-6,10H,2-4,8H2,1H3,(H,17,21). The smallest absolute Gasteiger partial charge is 0.235 e. The minimum atomic E-state index is -0.204. The molecule has 0 saturated heterocycles. The molecular formula is C15H15N5O2S3. The second-order valence-corrected chi connectivity index (χ2v) is 8.41. The number of anilines is 2. The van der Waals surface area contributed by atoms with Gasteiger partial charge < -0.3 is 5.32 Å². The van der Waals surface area contributed by atoms with Crippen molar-refractivity contribution >= 4 is 56.4 Å². The second kappa shape index (κ2) is 7.95. The Morgan fingerprint density at radius 1 is 1.48 bits per heavy atom. The molecule has 0 unspecified atom stereocenters. The van der Waals surface area contributed by atoms with E-state index in [1.807, 2.05) is 13.0 Å². The summed E-state index contributed by atoms with van der Waals surface area (Å²) in [6.07, 6.45) is 2.43. The molecular weight excluding hydrogens is 378 g/mol. The van der Waals surface area contributed by atoms with Crippen molar-refractivity contribution < 1.29 is 9.59 Å². The van der Waals surface area contributed by atoms with Crippen molar-refractivity contribution in [3.8, 4) is 6.07 Å². The molecule has 130 valence electrons. The summed E-state index contributed by atoms with van der Waals surface area (Å²) < 4.78 is 0.645. The molecule has 10 heteroatoms. The van der Waals surface area contributed by atoms with E-state index in [-0.39, 0.29) is 23.6 Å². The van der Waals surface area contributed by atoms with Gasteiger partial charge in [-0.2, -0.15) is 5.26 Å². The molecule has 2 aromatic rings. The first-order valence-electron chi connectivity index (χ1n) is 7.68. The number of hydrogen-bond donors (Lipinski definition) is 1. The summed E-state index contributed by atoms with van der Waals surface area (Å²) >= 11 is 3.91. The number of hydrogen-bond acceptors (Lipinski definition) is 8. The Bertz CT molecular complexity index is 821. The van der Waals surface area contributed by atoms with Crippen LogP contribution in [0.2, 0.25) is 0 Å². The number of thioether (sulfide) groups is 1. The zero-order chi connectivity index (χ0) is 17.8. The fourth-order valence-corrected chi connectivity index (χ4v) is 4.60. The van der Waals surface area contributed by atoms with E-state index in [4.69, 9.17) is 5.26 Å². The highest BCUT2D eigenvalue weighted by Gasteiger charge is 2.35. The average Bonchev–Trinajstić information content (AvgIpc) is 3.16. The molecule has 0 spiro atoms. The van der Waals surface area contributed by atoms with Crippen LogP contribution in [0.25, 0.3) is 0 Å². The number of amides is 2. The van der Waals surface area contributed by atoms with Gasteiger partial charge in [0.1, 0.15) is 11.1 Å². The Balaban J connectivity index is 1.57. The van der Waals surface area contributed by atoms with Gasteiger partial charge in [0.15, 0.2) is 4.34 Å². The summed E-state index contributed by atoms with van der Waals surface area (Å²) in [5.74, 6) is 0.0155. The van der Waals surface area contributed by atoms with Gasteiger partial charge in [0.05, 0.1) is 11.3 Å². The molecule has 3 rings (SSSR count). The Hall–Kier alpha value is -1.96. The van der Waals surface area contributed by atoms with Crippen molar-refractivity contribution in [1.82, 2.24) is 10.2 Å². The summed E-state index contributed by atoms with van der Waals surface area (Å²) in [6.45, 7) is 1.83. The molecule has 25 heavy (non-hydrogen) atoms. The van der Waals surface area contributed by atoms with Gasteiger partial charge in [0.2, 0.25) is 16.9 Å². The summed E-state index contributed by atoms with van der Waals surface area (Å²) in [5, 5.41) is 22.8. The largest absolute Gasteiger partial charge is 0.316 e. The number of nitrogens with one attached hydrogen (secondary N) is 1. The third-order valence-electron chi connectivity index (χ3n) is 3.45. The van der Waals surface area contributed by atoms with E-state index in [9.17, 15) is 9.59 Å². The van der Waals surface area contributed by atoms with Crippen LogP contribution in [-0.2, 0) is 9.59 Å². The molecule has 2 amide bonds. The average molecular weight is 394 g/mol. The summed E-state index contributed by atoms with van der Waals surface area (Å²) in [4.78, 5) is 25.8. The molecule has 1 aliphatic carbocycles. The lowest BCUT2D eigenvalue weighted by atomic mass is 10.3. The van der Waals surface area contributed by atoms with Gasteiger partial charge >= 0.3 is 0 Å². The predicted octanol–water partition coefficient (Wildman–Crippen LogP) is 3.11. The van der Waals surface area contributed by atoms with Crippen molar-refractivity contribution in [3.05, 3.63) is 17.0 Å². The number of carbonyl (C=O) groups excluding carboxylic acids is 2.